The summed E-state index contributed by atoms with van der Waals surface area (Å²) in [5.41, 5.74) is 3.80. The van der Waals surface area contributed by atoms with E-state index in [-0.39, 0.29) is 17.9 Å². The molecule has 2 aliphatic rings. The van der Waals surface area contributed by atoms with Crippen LogP contribution < -0.4 is 15.0 Å². The maximum Gasteiger partial charge on any atom is 0.257 e. The zero-order valence-electron chi connectivity index (χ0n) is 22.6. The van der Waals surface area contributed by atoms with E-state index in [1.165, 1.54) is 5.56 Å². The zero-order chi connectivity index (χ0) is 27.4. The maximum absolute atomic E-state index is 13.3. The number of nitrogens with one attached hydrogen (secondary N) is 1. The lowest BCUT2D eigenvalue weighted by atomic mass is 9.89. The van der Waals surface area contributed by atoms with Crippen molar-refractivity contribution < 1.29 is 19.4 Å². The number of hydrogen-bond acceptors (Lipinski definition) is 6. The third-order valence-corrected chi connectivity index (χ3v) is 7.90. The highest BCUT2D eigenvalue weighted by Crippen LogP contribution is 2.30. The number of rotatable bonds is 6. The molecular formula is C31H36N4O4. The summed E-state index contributed by atoms with van der Waals surface area (Å²) < 4.78 is 5.26. The number of methoxy groups -OCH3 is 1. The molecule has 0 saturated carbocycles. The van der Waals surface area contributed by atoms with Crippen LogP contribution in [-0.4, -0.2) is 66.2 Å². The highest BCUT2D eigenvalue weighted by atomic mass is 16.5. The number of ether oxygens (including phenoxy) is 1. The number of likely N-dealkylation sites (tertiary alicyclic amines) is 1. The minimum atomic E-state index is -0.267. The largest absolute Gasteiger partial charge is 0.497 e. The van der Waals surface area contributed by atoms with Gasteiger partial charge in [0.25, 0.3) is 11.8 Å². The molecule has 2 N–H and O–H groups in total. The monoisotopic (exact) mass is 528 g/mol. The Kier molecular flexibility index (Phi) is 8.12. The van der Waals surface area contributed by atoms with Crippen LogP contribution >= 0.6 is 0 Å². The second kappa shape index (κ2) is 11.9. The molecule has 0 atom stereocenters. The van der Waals surface area contributed by atoms with Gasteiger partial charge in [0.1, 0.15) is 11.6 Å². The van der Waals surface area contributed by atoms with Crippen molar-refractivity contribution in [3.8, 4) is 5.75 Å². The Hall–Kier alpha value is -3.91. The summed E-state index contributed by atoms with van der Waals surface area (Å²) in [7, 11) is 1.67. The van der Waals surface area contributed by atoms with Crippen molar-refractivity contribution >= 4 is 23.3 Å². The van der Waals surface area contributed by atoms with Crippen molar-refractivity contribution in [1.82, 2.24) is 9.88 Å². The molecule has 0 radical (unpaired) electrons. The van der Waals surface area contributed by atoms with Crippen LogP contribution in [0.1, 0.15) is 63.4 Å². The van der Waals surface area contributed by atoms with Crippen LogP contribution in [0.15, 0.2) is 60.8 Å². The zero-order valence-corrected chi connectivity index (χ0v) is 22.6. The van der Waals surface area contributed by atoms with Crippen molar-refractivity contribution in [1.29, 1.82) is 0 Å². The molecule has 3 aromatic rings. The number of anilines is 2. The molecule has 0 spiro atoms. The molecule has 2 aromatic carbocycles. The van der Waals surface area contributed by atoms with Gasteiger partial charge in [0.15, 0.2) is 0 Å². The number of aromatic nitrogens is 1. The number of carbonyl (C=O) groups excluding carboxylic acids is 2. The molecule has 8 heteroatoms. The van der Waals surface area contributed by atoms with Crippen LogP contribution in [0.5, 0.6) is 5.75 Å². The first kappa shape index (κ1) is 26.7. The summed E-state index contributed by atoms with van der Waals surface area (Å²) in [5, 5.41) is 12.7. The highest BCUT2D eigenvalue weighted by Gasteiger charge is 2.25. The molecule has 2 fully saturated rings. The first-order chi connectivity index (χ1) is 18.9. The van der Waals surface area contributed by atoms with Gasteiger partial charge in [0.2, 0.25) is 0 Å². The molecule has 2 amide bonds. The SMILES string of the molecule is COc1ccc(C2CCN(C(=O)c3ccc(C)c(NC(=O)c4ccc(N5CCC(O)CC5)nc4)c3)CC2)cc1. The van der Waals surface area contributed by atoms with Crippen LogP contribution in [0.3, 0.4) is 0 Å². The van der Waals surface area contributed by atoms with E-state index in [0.29, 0.717) is 35.8 Å². The molecule has 2 saturated heterocycles. The van der Waals surface area contributed by atoms with Crippen LogP contribution in [0, 0.1) is 6.92 Å². The number of benzene rings is 2. The Bertz CT molecular complexity index is 1290. The van der Waals surface area contributed by atoms with Crippen LogP contribution in [0.4, 0.5) is 11.5 Å². The summed E-state index contributed by atoms with van der Waals surface area (Å²) >= 11 is 0. The fourth-order valence-electron chi connectivity index (χ4n) is 5.36. The molecule has 1 aromatic heterocycles. The first-order valence-electron chi connectivity index (χ1n) is 13.7. The molecule has 2 aliphatic heterocycles. The van der Waals surface area contributed by atoms with E-state index in [2.05, 4.69) is 27.3 Å². The quantitative estimate of drug-likeness (QED) is 0.484. The lowest BCUT2D eigenvalue weighted by Crippen LogP contribution is -2.38. The van der Waals surface area contributed by atoms with E-state index in [1.54, 1.807) is 25.4 Å². The number of aliphatic hydroxyl groups excluding tert-OH is 1. The average molecular weight is 529 g/mol. The Morgan fingerprint density at radius 1 is 0.923 bits per heavy atom. The van der Waals surface area contributed by atoms with Gasteiger partial charge in [-0.25, -0.2) is 4.98 Å². The summed E-state index contributed by atoms with van der Waals surface area (Å²) in [6.45, 7) is 4.80. The van der Waals surface area contributed by atoms with Crippen molar-refractivity contribution in [2.24, 2.45) is 0 Å². The Morgan fingerprint density at radius 3 is 2.26 bits per heavy atom. The molecule has 0 aliphatic carbocycles. The maximum atomic E-state index is 13.3. The lowest BCUT2D eigenvalue weighted by molar-refractivity contribution is 0.0712. The number of pyridine rings is 1. The van der Waals surface area contributed by atoms with Crippen molar-refractivity contribution in [3.63, 3.8) is 0 Å². The first-order valence-corrected chi connectivity index (χ1v) is 13.7. The summed E-state index contributed by atoms with van der Waals surface area (Å²) in [6, 6.07) is 17.3. The van der Waals surface area contributed by atoms with Crippen molar-refractivity contribution in [3.05, 3.63) is 83.0 Å². The van der Waals surface area contributed by atoms with E-state index in [4.69, 9.17) is 4.74 Å². The van der Waals surface area contributed by atoms with Gasteiger partial charge in [0.05, 0.1) is 18.8 Å². The Balaban J connectivity index is 1.20. The van der Waals surface area contributed by atoms with Gasteiger partial charge in [-0.15, -0.1) is 0 Å². The second-order valence-electron chi connectivity index (χ2n) is 10.4. The van der Waals surface area contributed by atoms with Gasteiger partial charge in [0, 0.05) is 43.6 Å². The topological polar surface area (TPSA) is 95.0 Å². The Labute approximate surface area is 229 Å². The Morgan fingerprint density at radius 2 is 1.62 bits per heavy atom. The van der Waals surface area contributed by atoms with Crippen LogP contribution in [-0.2, 0) is 0 Å². The molecular weight excluding hydrogens is 492 g/mol. The number of nitrogens with zero attached hydrogens (tertiary/aromatic N) is 3. The fourth-order valence-corrected chi connectivity index (χ4v) is 5.36. The smallest absolute Gasteiger partial charge is 0.257 e. The number of hydrogen-bond donors (Lipinski definition) is 2. The minimum absolute atomic E-state index is 0.0173. The number of piperidine rings is 2. The molecule has 3 heterocycles. The molecule has 204 valence electrons. The second-order valence-corrected chi connectivity index (χ2v) is 10.4. The predicted octanol–water partition coefficient (Wildman–Crippen LogP) is 4.63. The van der Waals surface area contributed by atoms with Gasteiger partial charge in [-0.05, 0) is 86.1 Å². The number of aliphatic hydroxyl groups is 1. The van der Waals surface area contributed by atoms with Gasteiger partial charge in [-0.2, -0.15) is 0 Å². The van der Waals surface area contributed by atoms with Gasteiger partial charge in [-0.1, -0.05) is 18.2 Å². The molecule has 8 nitrogen and oxygen atoms in total. The summed E-state index contributed by atoms with van der Waals surface area (Å²) in [5.74, 6) is 1.79. The lowest BCUT2D eigenvalue weighted by Gasteiger charge is -2.32. The van der Waals surface area contributed by atoms with Crippen molar-refractivity contribution in [2.75, 3.05) is 43.5 Å². The summed E-state index contributed by atoms with van der Waals surface area (Å²) in [6.07, 6.45) is 4.59. The molecule has 39 heavy (non-hydrogen) atoms. The summed E-state index contributed by atoms with van der Waals surface area (Å²) in [4.78, 5) is 34.8. The van der Waals surface area contributed by atoms with E-state index >= 15 is 0 Å². The van der Waals surface area contributed by atoms with E-state index in [9.17, 15) is 14.7 Å². The number of amides is 2. The third kappa shape index (κ3) is 6.23. The van der Waals surface area contributed by atoms with Crippen molar-refractivity contribution in [2.45, 2.75) is 44.6 Å². The normalized spacial score (nSPS) is 16.7. The molecule has 0 bridgehead atoms. The minimum Gasteiger partial charge on any atom is -0.497 e. The average Bonchev–Trinajstić information content (AvgIpc) is 2.98. The standard InChI is InChI=1S/C31H36N4O4/c1-21-3-4-24(31(38)35-15-11-23(12-16-35)22-5-8-27(39-2)9-6-22)19-28(21)33-30(37)25-7-10-29(32-20-25)34-17-13-26(36)14-18-34/h3-10,19-20,23,26,36H,11-18H2,1-2H3,(H,33,37). The van der Waals surface area contributed by atoms with Gasteiger partial charge in [-0.3, -0.25) is 9.59 Å². The molecule has 0 unspecified atom stereocenters. The fraction of sp³-hybridized carbons (Fsp3) is 0.387. The third-order valence-electron chi connectivity index (χ3n) is 7.90. The number of carbonyl (C=O) groups is 2. The predicted molar refractivity (Wildman–Crippen MR) is 152 cm³/mol. The molecule has 5 rings (SSSR count). The van der Waals surface area contributed by atoms with Crippen LogP contribution in [0.25, 0.3) is 0 Å². The highest BCUT2D eigenvalue weighted by molar-refractivity contribution is 6.05. The number of aryl methyl sites for hydroxylation is 1. The van der Waals surface area contributed by atoms with E-state index < -0.39 is 0 Å². The van der Waals surface area contributed by atoms with Gasteiger partial charge < -0.3 is 25.0 Å². The van der Waals surface area contributed by atoms with Gasteiger partial charge >= 0.3 is 0 Å². The van der Waals surface area contributed by atoms with Crippen LogP contribution in [0.2, 0.25) is 0 Å². The van der Waals surface area contributed by atoms with E-state index in [1.807, 2.05) is 42.2 Å². The van der Waals surface area contributed by atoms with E-state index in [0.717, 1.165) is 55.9 Å².